The summed E-state index contributed by atoms with van der Waals surface area (Å²) in [4.78, 5) is 30.4. The normalized spacial score (nSPS) is 10.2. The molecule has 0 fully saturated rings. The molecule has 8 heteroatoms. The van der Waals surface area contributed by atoms with Gasteiger partial charge in [0.05, 0.1) is 17.7 Å². The van der Waals surface area contributed by atoms with Crippen LogP contribution in [0.5, 0.6) is 0 Å². The van der Waals surface area contributed by atoms with Crippen LogP contribution in [0.4, 0.5) is 0 Å². The van der Waals surface area contributed by atoms with E-state index in [9.17, 15) is 9.59 Å². The number of carbonyl (C=O) groups excluding carboxylic acids is 1. The van der Waals surface area contributed by atoms with Crippen LogP contribution >= 0.6 is 0 Å². The number of aromatic nitrogens is 3. The minimum Gasteiger partial charge on any atom is -0.478 e. The molecule has 0 aromatic carbocycles. The molecule has 2 heterocycles. The van der Waals surface area contributed by atoms with Gasteiger partial charge in [-0.1, -0.05) is 5.16 Å². The summed E-state index contributed by atoms with van der Waals surface area (Å²) in [5.41, 5.74) is -0.132. The molecule has 0 saturated carbocycles. The van der Waals surface area contributed by atoms with Crippen molar-refractivity contribution in [3.05, 3.63) is 41.3 Å². The molecule has 0 unspecified atom stereocenters. The lowest BCUT2D eigenvalue weighted by Crippen LogP contribution is -2.25. The summed E-state index contributed by atoms with van der Waals surface area (Å²) in [5.74, 6) is -1.05. The number of hydrogen-bond acceptors (Lipinski definition) is 6. The van der Waals surface area contributed by atoms with Gasteiger partial charge in [-0.3, -0.25) is 9.78 Å². The highest BCUT2D eigenvalue weighted by Gasteiger charge is 2.16. The third-order valence-corrected chi connectivity index (χ3v) is 2.27. The van der Waals surface area contributed by atoms with E-state index in [2.05, 4.69) is 20.4 Å². The number of rotatable bonds is 4. The molecule has 1 amide bonds. The standard InChI is InChI=1S/C11H10N4O4/c1-6-14-9(15-19-6)5-13-10(16)7-2-3-12-4-8(7)11(17)18/h2-4H,5H2,1H3,(H,13,16)(H,17,18). The molecule has 0 bridgehead atoms. The van der Waals surface area contributed by atoms with Gasteiger partial charge in [-0.05, 0) is 6.07 Å². The number of aryl methyl sites for hydroxylation is 1. The molecule has 0 radical (unpaired) electrons. The molecule has 0 aliphatic rings. The molecule has 0 atom stereocenters. The first-order chi connectivity index (χ1) is 9.08. The number of pyridine rings is 1. The Kier molecular flexibility index (Phi) is 3.51. The van der Waals surface area contributed by atoms with Crippen LogP contribution in [0, 0.1) is 6.92 Å². The van der Waals surface area contributed by atoms with E-state index >= 15 is 0 Å². The van der Waals surface area contributed by atoms with Gasteiger partial charge in [-0.15, -0.1) is 0 Å². The van der Waals surface area contributed by atoms with E-state index in [1.807, 2.05) is 0 Å². The number of aromatic carboxylic acids is 1. The predicted octanol–water partition coefficient (Wildman–Crippen LogP) is 0.401. The second kappa shape index (κ2) is 5.25. The van der Waals surface area contributed by atoms with Crippen LogP contribution in [0.25, 0.3) is 0 Å². The molecular weight excluding hydrogens is 252 g/mol. The summed E-state index contributed by atoms with van der Waals surface area (Å²) in [6, 6.07) is 1.33. The maximum Gasteiger partial charge on any atom is 0.338 e. The second-order valence-electron chi connectivity index (χ2n) is 3.64. The van der Waals surface area contributed by atoms with E-state index < -0.39 is 11.9 Å². The molecule has 0 spiro atoms. The third-order valence-electron chi connectivity index (χ3n) is 2.27. The van der Waals surface area contributed by atoms with Crippen molar-refractivity contribution in [2.45, 2.75) is 13.5 Å². The van der Waals surface area contributed by atoms with Crippen molar-refractivity contribution in [1.29, 1.82) is 0 Å². The first-order valence-electron chi connectivity index (χ1n) is 5.32. The van der Waals surface area contributed by atoms with Crippen molar-refractivity contribution in [3.8, 4) is 0 Å². The second-order valence-corrected chi connectivity index (χ2v) is 3.64. The Morgan fingerprint density at radius 2 is 2.21 bits per heavy atom. The van der Waals surface area contributed by atoms with Crippen molar-refractivity contribution in [1.82, 2.24) is 20.4 Å². The van der Waals surface area contributed by atoms with Crippen molar-refractivity contribution < 1.29 is 19.2 Å². The van der Waals surface area contributed by atoms with Gasteiger partial charge < -0.3 is 14.9 Å². The SMILES string of the molecule is Cc1nc(CNC(=O)c2ccncc2C(=O)O)no1. The summed E-state index contributed by atoms with van der Waals surface area (Å²) in [6.45, 7) is 1.68. The number of carboxylic acids is 1. The van der Waals surface area contributed by atoms with Crippen LogP contribution in [0.15, 0.2) is 23.0 Å². The first kappa shape index (κ1) is 12.7. The fourth-order valence-corrected chi connectivity index (χ4v) is 1.43. The average Bonchev–Trinajstić information content (AvgIpc) is 2.81. The number of amides is 1. The van der Waals surface area contributed by atoms with Crippen molar-refractivity contribution in [2.24, 2.45) is 0 Å². The zero-order chi connectivity index (χ0) is 13.8. The highest BCUT2D eigenvalue weighted by atomic mass is 16.5. The number of carbonyl (C=O) groups is 2. The van der Waals surface area contributed by atoms with E-state index in [-0.39, 0.29) is 17.7 Å². The van der Waals surface area contributed by atoms with Gasteiger partial charge in [0.2, 0.25) is 5.89 Å². The van der Waals surface area contributed by atoms with E-state index in [0.717, 1.165) is 6.20 Å². The van der Waals surface area contributed by atoms with Gasteiger partial charge in [-0.25, -0.2) is 4.79 Å². The Hall–Kier alpha value is -2.77. The van der Waals surface area contributed by atoms with E-state index in [1.54, 1.807) is 6.92 Å². The van der Waals surface area contributed by atoms with Gasteiger partial charge >= 0.3 is 5.97 Å². The molecule has 98 valence electrons. The topological polar surface area (TPSA) is 118 Å². The van der Waals surface area contributed by atoms with Crippen LogP contribution in [-0.4, -0.2) is 32.1 Å². The summed E-state index contributed by atoms with van der Waals surface area (Å²) in [5, 5.41) is 15.1. The fourth-order valence-electron chi connectivity index (χ4n) is 1.43. The molecular formula is C11H10N4O4. The summed E-state index contributed by atoms with van der Waals surface area (Å²) < 4.78 is 4.75. The van der Waals surface area contributed by atoms with E-state index in [1.165, 1.54) is 12.3 Å². The highest BCUT2D eigenvalue weighted by molar-refractivity contribution is 6.04. The zero-order valence-electron chi connectivity index (χ0n) is 9.95. The summed E-state index contributed by atoms with van der Waals surface area (Å²) in [7, 11) is 0. The third kappa shape index (κ3) is 2.92. The quantitative estimate of drug-likeness (QED) is 0.818. The molecule has 0 aliphatic heterocycles. The Bertz CT molecular complexity index is 623. The van der Waals surface area contributed by atoms with Gasteiger partial charge in [0, 0.05) is 19.3 Å². The lowest BCUT2D eigenvalue weighted by molar-refractivity contribution is 0.0690. The number of nitrogens with zero attached hydrogens (tertiary/aromatic N) is 3. The minimum absolute atomic E-state index is 0.0303. The van der Waals surface area contributed by atoms with Gasteiger partial charge in [0.15, 0.2) is 5.82 Å². The van der Waals surface area contributed by atoms with Crippen molar-refractivity contribution in [3.63, 3.8) is 0 Å². The largest absolute Gasteiger partial charge is 0.478 e. The monoisotopic (exact) mass is 262 g/mol. The van der Waals surface area contributed by atoms with Crippen LogP contribution in [-0.2, 0) is 6.54 Å². The van der Waals surface area contributed by atoms with Crippen LogP contribution in [0.2, 0.25) is 0 Å². The van der Waals surface area contributed by atoms with Crippen LogP contribution in [0.3, 0.4) is 0 Å². The first-order valence-corrected chi connectivity index (χ1v) is 5.32. The molecule has 19 heavy (non-hydrogen) atoms. The number of carboxylic acid groups (broad SMARTS) is 1. The fraction of sp³-hybridized carbons (Fsp3) is 0.182. The Morgan fingerprint density at radius 1 is 1.42 bits per heavy atom. The Balaban J connectivity index is 2.10. The average molecular weight is 262 g/mol. The summed E-state index contributed by atoms with van der Waals surface area (Å²) in [6.07, 6.45) is 2.47. The molecule has 8 nitrogen and oxygen atoms in total. The minimum atomic E-state index is -1.21. The van der Waals surface area contributed by atoms with Crippen LogP contribution < -0.4 is 5.32 Å². The highest BCUT2D eigenvalue weighted by Crippen LogP contribution is 2.07. The lowest BCUT2D eigenvalue weighted by Gasteiger charge is -2.05. The molecule has 2 N–H and O–H groups in total. The molecule has 2 aromatic rings. The maximum atomic E-state index is 11.9. The van der Waals surface area contributed by atoms with Crippen molar-refractivity contribution >= 4 is 11.9 Å². The number of nitrogens with one attached hydrogen (secondary N) is 1. The molecule has 2 rings (SSSR count). The molecule has 0 aliphatic carbocycles. The number of hydrogen-bond donors (Lipinski definition) is 2. The Morgan fingerprint density at radius 3 is 2.84 bits per heavy atom. The molecule has 0 saturated heterocycles. The predicted molar refractivity (Wildman–Crippen MR) is 61.4 cm³/mol. The van der Waals surface area contributed by atoms with Crippen LogP contribution in [0.1, 0.15) is 32.4 Å². The maximum absolute atomic E-state index is 11.9. The summed E-state index contributed by atoms with van der Waals surface area (Å²) >= 11 is 0. The van der Waals surface area contributed by atoms with E-state index in [0.29, 0.717) is 11.7 Å². The van der Waals surface area contributed by atoms with Crippen molar-refractivity contribution in [2.75, 3.05) is 0 Å². The van der Waals surface area contributed by atoms with Gasteiger partial charge in [-0.2, -0.15) is 4.98 Å². The lowest BCUT2D eigenvalue weighted by atomic mass is 10.1. The van der Waals surface area contributed by atoms with Gasteiger partial charge in [0.1, 0.15) is 0 Å². The smallest absolute Gasteiger partial charge is 0.338 e. The zero-order valence-corrected chi connectivity index (χ0v) is 9.95. The van der Waals surface area contributed by atoms with E-state index in [4.69, 9.17) is 9.63 Å². The van der Waals surface area contributed by atoms with Gasteiger partial charge in [0.25, 0.3) is 5.91 Å². The Labute approximate surface area is 107 Å². The molecule has 2 aromatic heterocycles.